The molecule has 177 valence electrons. The number of nitrogens with zero attached hydrogens (tertiary/aromatic N) is 2. The molecule has 0 fully saturated rings. The zero-order valence-corrected chi connectivity index (χ0v) is 22.1. The van der Waals surface area contributed by atoms with Crippen molar-refractivity contribution < 1.29 is 24.2 Å². The molecule has 2 nitrogen and oxygen atoms in total. The summed E-state index contributed by atoms with van der Waals surface area (Å²) in [7, 11) is 0. The van der Waals surface area contributed by atoms with Crippen LogP contribution in [0.4, 0.5) is 0 Å². The fourth-order valence-corrected chi connectivity index (χ4v) is 3.62. The first-order valence-corrected chi connectivity index (χ1v) is 11.3. The zero-order chi connectivity index (χ0) is 26.3. The third-order valence-corrected chi connectivity index (χ3v) is 5.54. The first-order chi connectivity index (χ1) is 17.9. The maximum Gasteiger partial charge on any atom is 0.0280 e. The predicted molar refractivity (Wildman–Crippen MR) is 141 cm³/mol. The summed E-state index contributed by atoms with van der Waals surface area (Å²) in [5, 5.41) is 0. The summed E-state index contributed by atoms with van der Waals surface area (Å²) < 4.78 is 22.1. The number of aryl methyl sites for hydroxylation is 3. The Hall–Kier alpha value is -3.39. The summed E-state index contributed by atoms with van der Waals surface area (Å²) in [5.41, 5.74) is 8.43. The van der Waals surface area contributed by atoms with Crippen LogP contribution in [0.5, 0.6) is 0 Å². The van der Waals surface area contributed by atoms with E-state index in [0.29, 0.717) is 5.56 Å². The van der Waals surface area contributed by atoms with Gasteiger partial charge in [0.25, 0.3) is 0 Å². The fraction of sp³-hybridized carbons (Fsp3) is 0.125. The van der Waals surface area contributed by atoms with Crippen LogP contribution in [0.15, 0.2) is 103 Å². The van der Waals surface area contributed by atoms with E-state index < -0.39 is 6.85 Å². The van der Waals surface area contributed by atoms with Crippen molar-refractivity contribution in [1.29, 1.82) is 0 Å². The Labute approximate surface area is 226 Å². The molecule has 5 rings (SSSR count). The van der Waals surface area contributed by atoms with Crippen LogP contribution in [0.25, 0.3) is 33.6 Å². The molecule has 5 aromatic rings. The number of aromatic nitrogens is 2. The quantitative estimate of drug-likeness (QED) is 0.188. The van der Waals surface area contributed by atoms with Gasteiger partial charge < -0.3 is 9.97 Å². The Kier molecular flexibility index (Phi) is 8.14. The van der Waals surface area contributed by atoms with Crippen LogP contribution in [0.3, 0.4) is 0 Å². The average Bonchev–Trinajstić information content (AvgIpc) is 2.94. The molecule has 1 radical (unpaired) electrons. The molecule has 0 saturated heterocycles. The second kappa shape index (κ2) is 12.9. The molecule has 3 heteroatoms. The number of hydrogen-bond donors (Lipinski definition) is 0. The summed E-state index contributed by atoms with van der Waals surface area (Å²) in [6.45, 7) is 1.87. The first kappa shape index (κ1) is 22.1. The summed E-state index contributed by atoms with van der Waals surface area (Å²) in [4.78, 5) is 8.79. The molecule has 0 atom stereocenters. The topological polar surface area (TPSA) is 25.8 Å². The van der Waals surface area contributed by atoms with Crippen LogP contribution in [-0.2, 0) is 26.5 Å². The van der Waals surface area contributed by atoms with Crippen LogP contribution in [-0.4, -0.2) is 9.97 Å². The molecule has 0 bridgehead atoms. The van der Waals surface area contributed by atoms with Gasteiger partial charge in [-0.1, -0.05) is 55.0 Å². The Morgan fingerprint density at radius 3 is 1.89 bits per heavy atom. The van der Waals surface area contributed by atoms with Gasteiger partial charge in [0.2, 0.25) is 0 Å². The number of hydrogen-bond acceptors (Lipinski definition) is 2. The Morgan fingerprint density at radius 1 is 0.743 bits per heavy atom. The molecule has 0 N–H and O–H groups in total. The van der Waals surface area contributed by atoms with Crippen molar-refractivity contribution in [3.8, 4) is 33.6 Å². The van der Waals surface area contributed by atoms with Crippen molar-refractivity contribution in [3.05, 3.63) is 132 Å². The normalized spacial score (nSPS) is 11.7. The molecule has 0 spiro atoms. The predicted octanol–water partition coefficient (Wildman–Crippen LogP) is 7.94. The molecule has 0 aliphatic carbocycles. The Bertz CT molecular complexity index is 1440. The molecule has 0 aliphatic rings. The monoisotopic (exact) mass is 636 g/mol. The van der Waals surface area contributed by atoms with E-state index in [9.17, 15) is 0 Å². The molecule has 0 saturated carbocycles. The van der Waals surface area contributed by atoms with E-state index in [4.69, 9.17) is 4.11 Å². The summed E-state index contributed by atoms with van der Waals surface area (Å²) in [5.74, 6) is 0. The van der Waals surface area contributed by atoms with Crippen molar-refractivity contribution in [2.45, 2.75) is 27.1 Å². The van der Waals surface area contributed by atoms with E-state index in [1.807, 2.05) is 60.8 Å². The van der Waals surface area contributed by atoms with E-state index in [0.717, 1.165) is 34.5 Å². The van der Waals surface area contributed by atoms with Crippen molar-refractivity contribution >= 4 is 0 Å². The summed E-state index contributed by atoms with van der Waals surface area (Å²) >= 11 is 0. The second-order valence-corrected chi connectivity index (χ2v) is 7.88. The van der Waals surface area contributed by atoms with Crippen LogP contribution in [0.1, 0.15) is 27.7 Å². The third-order valence-electron chi connectivity index (χ3n) is 5.54. The molecule has 3 aromatic carbocycles. The van der Waals surface area contributed by atoms with E-state index in [1.165, 1.54) is 22.9 Å². The van der Waals surface area contributed by atoms with Crippen molar-refractivity contribution in [2.75, 3.05) is 0 Å². The second-order valence-electron chi connectivity index (χ2n) is 7.88. The Balaban J connectivity index is 0.000000208. The van der Waals surface area contributed by atoms with Crippen molar-refractivity contribution in [2.24, 2.45) is 0 Å². The number of benzene rings is 3. The number of rotatable bonds is 4. The summed E-state index contributed by atoms with van der Waals surface area (Å²) in [6, 6.07) is 36.1. The molecular formula is C32H28IrN2-2. The van der Waals surface area contributed by atoms with Crippen molar-refractivity contribution in [1.82, 2.24) is 9.97 Å². The molecule has 2 heterocycles. The van der Waals surface area contributed by atoms with E-state index in [-0.39, 0.29) is 20.1 Å². The molecule has 0 aliphatic heterocycles. The molecule has 35 heavy (non-hydrogen) atoms. The maximum absolute atomic E-state index is 7.37. The zero-order valence-electron chi connectivity index (χ0n) is 22.7. The van der Waals surface area contributed by atoms with Gasteiger partial charge >= 0.3 is 0 Å². The van der Waals surface area contributed by atoms with Gasteiger partial charge in [0.05, 0.1) is 0 Å². The largest absolute Gasteiger partial charge is 0.304 e. The molecule has 0 amide bonds. The van der Waals surface area contributed by atoms with Gasteiger partial charge in [-0.3, -0.25) is 0 Å². The van der Waals surface area contributed by atoms with Crippen LogP contribution in [0.2, 0.25) is 0 Å². The minimum atomic E-state index is -2.10. The fourth-order valence-electron chi connectivity index (χ4n) is 3.62. The third kappa shape index (κ3) is 6.82. The van der Waals surface area contributed by atoms with E-state index >= 15 is 0 Å². The summed E-state index contributed by atoms with van der Waals surface area (Å²) in [6.07, 6.45) is 4.40. The molecule has 2 aromatic heterocycles. The average molecular weight is 636 g/mol. The minimum absolute atomic E-state index is 0. The van der Waals surface area contributed by atoms with Crippen molar-refractivity contribution in [3.63, 3.8) is 0 Å². The van der Waals surface area contributed by atoms with Gasteiger partial charge in [-0.15, -0.1) is 71.8 Å². The smallest absolute Gasteiger partial charge is 0.0280 e. The van der Waals surface area contributed by atoms with E-state index in [1.54, 1.807) is 13.0 Å². The molecular weight excluding hydrogens is 605 g/mol. The van der Waals surface area contributed by atoms with Gasteiger partial charge in [0.1, 0.15) is 0 Å². The van der Waals surface area contributed by atoms with Crippen LogP contribution < -0.4 is 0 Å². The van der Waals surface area contributed by atoms with Gasteiger partial charge in [-0.05, 0) is 48.3 Å². The van der Waals surface area contributed by atoms with Crippen LogP contribution >= 0.6 is 0 Å². The SMILES string of the molecule is CCc1cc(-c2[c-]cccc2)ncc1-c1ccccc1.[2H]C([2H])([2H])c1cnc(-c2[c-]cccc2)cc1C.[Ir]. The van der Waals surface area contributed by atoms with Crippen LogP contribution in [0, 0.1) is 25.9 Å². The first-order valence-electron chi connectivity index (χ1n) is 12.8. The molecule has 0 unspecified atom stereocenters. The van der Waals surface area contributed by atoms with Gasteiger partial charge in [-0.2, -0.15) is 0 Å². The minimum Gasteiger partial charge on any atom is -0.304 e. The van der Waals surface area contributed by atoms with E-state index in [2.05, 4.69) is 59.4 Å². The Morgan fingerprint density at radius 2 is 1.34 bits per heavy atom. The maximum atomic E-state index is 7.37. The van der Waals surface area contributed by atoms with Gasteiger partial charge in [-0.25, -0.2) is 0 Å². The standard InChI is InChI=1S/C19H16N.C13H12N.Ir/c1-2-15-13-19(17-11-7-4-8-12-17)20-14-18(15)16-9-5-3-6-10-16;1-10-8-13(14-9-11(10)2)12-6-4-3-5-7-12;/h3-11,13-14H,2H2,1H3;3-6,8-9H,1-2H3;/q2*-1;/i;2D3;. The van der Waals surface area contributed by atoms with Gasteiger partial charge in [0.15, 0.2) is 0 Å². The van der Waals surface area contributed by atoms with Gasteiger partial charge in [0, 0.05) is 42.2 Å². The number of pyridine rings is 2.